The smallest absolute Gasteiger partial charge is 0.249 e. The van der Waals surface area contributed by atoms with Crippen molar-refractivity contribution in [1.82, 2.24) is 10.2 Å². The van der Waals surface area contributed by atoms with Gasteiger partial charge >= 0.3 is 0 Å². The second-order valence-electron chi connectivity index (χ2n) is 5.98. The van der Waals surface area contributed by atoms with E-state index in [0.717, 1.165) is 16.1 Å². The van der Waals surface area contributed by atoms with Crippen LogP contribution in [0.25, 0.3) is 10.6 Å². The minimum absolute atomic E-state index is 0.281. The minimum atomic E-state index is -3.67. The third kappa shape index (κ3) is 4.67. The first kappa shape index (κ1) is 20.2. The van der Waals surface area contributed by atoms with Crippen molar-refractivity contribution in [1.29, 1.82) is 0 Å². The number of sulfonamides is 1. The zero-order chi connectivity index (χ0) is 20.3. The number of rotatable bonds is 6. The number of aromatic nitrogens is 2. The van der Waals surface area contributed by atoms with Crippen molar-refractivity contribution < 1.29 is 13.2 Å². The molecule has 0 saturated carbocycles. The highest BCUT2D eigenvalue weighted by atomic mass is 35.5. The van der Waals surface area contributed by atoms with Crippen LogP contribution in [0, 0.1) is 0 Å². The number of nitrogens with zero attached hydrogens (tertiary/aromatic N) is 3. The fourth-order valence-corrected chi connectivity index (χ4v) is 4.63. The van der Waals surface area contributed by atoms with E-state index in [1.807, 2.05) is 0 Å². The van der Waals surface area contributed by atoms with Gasteiger partial charge in [-0.1, -0.05) is 53.3 Å². The molecular formula is C18H17ClN4O3S2. The lowest BCUT2D eigenvalue weighted by Gasteiger charge is -2.27. The van der Waals surface area contributed by atoms with Crippen molar-refractivity contribution in [3.05, 3.63) is 59.6 Å². The van der Waals surface area contributed by atoms with E-state index in [1.54, 1.807) is 54.6 Å². The highest BCUT2D eigenvalue weighted by molar-refractivity contribution is 7.92. The molecule has 0 bridgehead atoms. The maximum absolute atomic E-state index is 12.7. The van der Waals surface area contributed by atoms with E-state index in [-0.39, 0.29) is 5.13 Å². The summed E-state index contributed by atoms with van der Waals surface area (Å²) >= 11 is 7.07. The van der Waals surface area contributed by atoms with E-state index in [9.17, 15) is 13.2 Å². The molecule has 0 radical (unpaired) electrons. The van der Waals surface area contributed by atoms with Crippen molar-refractivity contribution >= 4 is 49.7 Å². The van der Waals surface area contributed by atoms with Crippen LogP contribution in [0.15, 0.2) is 54.6 Å². The average molecular weight is 437 g/mol. The summed E-state index contributed by atoms with van der Waals surface area (Å²) in [7, 11) is -3.67. The van der Waals surface area contributed by atoms with Gasteiger partial charge in [-0.3, -0.25) is 14.4 Å². The van der Waals surface area contributed by atoms with Gasteiger partial charge < -0.3 is 0 Å². The Bertz CT molecular complexity index is 1070. The van der Waals surface area contributed by atoms with Gasteiger partial charge in [-0.05, 0) is 31.2 Å². The van der Waals surface area contributed by atoms with Crippen LogP contribution >= 0.6 is 22.9 Å². The van der Waals surface area contributed by atoms with Crippen LogP contribution in [0.2, 0.25) is 5.02 Å². The molecule has 10 heteroatoms. The normalized spacial score (nSPS) is 12.4. The number of para-hydroxylation sites is 1. The lowest BCUT2D eigenvalue weighted by atomic mass is 10.2. The lowest BCUT2D eigenvalue weighted by Crippen LogP contribution is -2.45. The SMILES string of the molecule is CC(C(=O)Nc1nnc(-c2ccc(Cl)cc2)s1)N(c1ccccc1)S(C)(=O)=O. The van der Waals surface area contributed by atoms with Crippen molar-refractivity contribution in [3.63, 3.8) is 0 Å². The number of amides is 1. The van der Waals surface area contributed by atoms with E-state index in [4.69, 9.17) is 11.6 Å². The van der Waals surface area contributed by atoms with Crippen LogP contribution in [0.3, 0.4) is 0 Å². The molecular weight excluding hydrogens is 420 g/mol. The number of carbonyl (C=O) groups excluding carboxylic acids is 1. The standard InChI is InChI=1S/C18H17ClN4O3S2/c1-12(23(28(2,25)26)15-6-4-3-5-7-15)16(24)20-18-22-21-17(27-18)13-8-10-14(19)11-9-13/h3-12H,1-2H3,(H,20,22,24). The average Bonchev–Trinajstić information content (AvgIpc) is 3.10. The summed E-state index contributed by atoms with van der Waals surface area (Å²) in [5, 5.41) is 12.2. The number of hydrogen-bond acceptors (Lipinski definition) is 6. The maximum Gasteiger partial charge on any atom is 0.249 e. The Morgan fingerprint density at radius 2 is 1.75 bits per heavy atom. The van der Waals surface area contributed by atoms with Crippen LogP contribution in [-0.2, 0) is 14.8 Å². The Morgan fingerprint density at radius 1 is 1.11 bits per heavy atom. The van der Waals surface area contributed by atoms with Crippen molar-refractivity contribution in [2.24, 2.45) is 0 Å². The zero-order valence-electron chi connectivity index (χ0n) is 15.0. The first-order chi connectivity index (χ1) is 13.3. The topological polar surface area (TPSA) is 92.3 Å². The summed E-state index contributed by atoms with van der Waals surface area (Å²) in [6.45, 7) is 1.52. The fraction of sp³-hybridized carbons (Fsp3) is 0.167. The molecule has 0 fully saturated rings. The molecule has 28 heavy (non-hydrogen) atoms. The molecule has 1 unspecified atom stereocenters. The third-order valence-corrected chi connectivity index (χ3v) is 6.23. The second-order valence-corrected chi connectivity index (χ2v) is 9.25. The van der Waals surface area contributed by atoms with E-state index in [2.05, 4.69) is 15.5 Å². The summed E-state index contributed by atoms with van der Waals surface area (Å²) in [6.07, 6.45) is 1.06. The van der Waals surface area contributed by atoms with E-state index >= 15 is 0 Å². The van der Waals surface area contributed by atoms with Crippen molar-refractivity contribution in [2.45, 2.75) is 13.0 Å². The van der Waals surface area contributed by atoms with E-state index in [1.165, 1.54) is 18.3 Å². The molecule has 1 aromatic heterocycles. The molecule has 0 saturated heterocycles. The van der Waals surface area contributed by atoms with Gasteiger partial charge in [0.15, 0.2) is 0 Å². The fourth-order valence-electron chi connectivity index (χ4n) is 2.58. The van der Waals surface area contributed by atoms with Gasteiger partial charge in [-0.2, -0.15) is 0 Å². The van der Waals surface area contributed by atoms with Crippen LogP contribution in [-0.4, -0.2) is 36.8 Å². The molecule has 1 atom stereocenters. The highest BCUT2D eigenvalue weighted by Crippen LogP contribution is 2.28. The number of benzene rings is 2. The van der Waals surface area contributed by atoms with Crippen molar-refractivity contribution in [2.75, 3.05) is 15.9 Å². The van der Waals surface area contributed by atoms with Gasteiger partial charge in [0, 0.05) is 10.6 Å². The molecule has 3 rings (SSSR count). The number of hydrogen-bond donors (Lipinski definition) is 1. The lowest BCUT2D eigenvalue weighted by molar-refractivity contribution is -0.116. The Morgan fingerprint density at radius 3 is 2.36 bits per heavy atom. The monoisotopic (exact) mass is 436 g/mol. The molecule has 0 aliphatic rings. The molecule has 3 aromatic rings. The predicted molar refractivity (Wildman–Crippen MR) is 112 cm³/mol. The highest BCUT2D eigenvalue weighted by Gasteiger charge is 2.29. The zero-order valence-corrected chi connectivity index (χ0v) is 17.4. The quantitative estimate of drug-likeness (QED) is 0.636. The molecule has 7 nitrogen and oxygen atoms in total. The van der Waals surface area contributed by atoms with Crippen LogP contribution in [0.5, 0.6) is 0 Å². The second kappa shape index (κ2) is 8.26. The number of halogens is 1. The maximum atomic E-state index is 12.7. The predicted octanol–water partition coefficient (Wildman–Crippen LogP) is 3.65. The summed E-state index contributed by atoms with van der Waals surface area (Å²) < 4.78 is 25.6. The number of carbonyl (C=O) groups is 1. The summed E-state index contributed by atoms with van der Waals surface area (Å²) in [4.78, 5) is 12.7. The largest absolute Gasteiger partial charge is 0.299 e. The van der Waals surface area contributed by atoms with Gasteiger partial charge in [-0.25, -0.2) is 8.42 Å². The Balaban J connectivity index is 1.79. The third-order valence-electron chi connectivity index (χ3n) is 3.85. The molecule has 0 aliphatic heterocycles. The van der Waals surface area contributed by atoms with Crippen LogP contribution in [0.1, 0.15) is 6.92 Å². The summed E-state index contributed by atoms with van der Waals surface area (Å²) in [5.41, 5.74) is 1.23. The van der Waals surface area contributed by atoms with Crippen LogP contribution < -0.4 is 9.62 Å². The summed E-state index contributed by atoms with van der Waals surface area (Å²) in [6, 6.07) is 14.6. The van der Waals surface area contributed by atoms with Gasteiger partial charge in [-0.15, -0.1) is 10.2 Å². The molecule has 0 spiro atoms. The molecule has 1 heterocycles. The molecule has 1 N–H and O–H groups in total. The van der Waals surface area contributed by atoms with E-state index < -0.39 is 22.0 Å². The van der Waals surface area contributed by atoms with Crippen LogP contribution in [0.4, 0.5) is 10.8 Å². The molecule has 1 amide bonds. The minimum Gasteiger partial charge on any atom is -0.299 e. The number of anilines is 2. The van der Waals surface area contributed by atoms with Gasteiger partial charge in [0.1, 0.15) is 11.0 Å². The molecule has 146 valence electrons. The van der Waals surface area contributed by atoms with E-state index in [0.29, 0.717) is 15.7 Å². The number of nitrogens with one attached hydrogen (secondary N) is 1. The molecule has 2 aromatic carbocycles. The Hall–Kier alpha value is -2.49. The molecule has 0 aliphatic carbocycles. The van der Waals surface area contributed by atoms with Gasteiger partial charge in [0.25, 0.3) is 0 Å². The van der Waals surface area contributed by atoms with Crippen molar-refractivity contribution in [3.8, 4) is 10.6 Å². The first-order valence-corrected chi connectivity index (χ1v) is 11.2. The summed E-state index contributed by atoms with van der Waals surface area (Å²) in [5.74, 6) is -0.506. The first-order valence-electron chi connectivity index (χ1n) is 8.20. The van der Waals surface area contributed by atoms with Gasteiger partial charge in [0.05, 0.1) is 11.9 Å². The Labute approximate surface area is 172 Å². The van der Waals surface area contributed by atoms with Gasteiger partial charge in [0.2, 0.25) is 21.1 Å². The Kier molecular flexibility index (Phi) is 5.97.